The summed E-state index contributed by atoms with van der Waals surface area (Å²) in [5.41, 5.74) is 3.03. The number of pyridine rings is 1. The van der Waals surface area contributed by atoms with Gasteiger partial charge in [0.2, 0.25) is 0 Å². The Morgan fingerprint density at radius 2 is 2.17 bits per heavy atom. The number of hydrogen-bond acceptors (Lipinski definition) is 5. The van der Waals surface area contributed by atoms with Gasteiger partial charge in [-0.25, -0.2) is 4.99 Å². The van der Waals surface area contributed by atoms with Gasteiger partial charge in [-0.1, -0.05) is 6.07 Å². The van der Waals surface area contributed by atoms with Crippen molar-refractivity contribution in [1.82, 2.24) is 25.2 Å². The maximum Gasteiger partial charge on any atom is 0.191 e. The average Bonchev–Trinajstić information content (AvgIpc) is 3.32. The number of guanidine groups is 1. The summed E-state index contributed by atoms with van der Waals surface area (Å²) in [6.45, 7) is 8.49. The Morgan fingerprint density at radius 3 is 3.00 bits per heavy atom. The van der Waals surface area contributed by atoms with Crippen molar-refractivity contribution in [2.75, 3.05) is 13.2 Å². The SMILES string of the molecule is CCNC(=NCc1cc2c(cc1OCC)CC(C)O2)NCc1nnc2ccccn12. The van der Waals surface area contributed by atoms with Gasteiger partial charge in [0.15, 0.2) is 17.4 Å². The van der Waals surface area contributed by atoms with Crippen LogP contribution in [0, 0.1) is 0 Å². The summed E-state index contributed by atoms with van der Waals surface area (Å²) < 4.78 is 13.7. The molecule has 1 aliphatic rings. The van der Waals surface area contributed by atoms with Crippen LogP contribution in [0.15, 0.2) is 41.5 Å². The number of hydrogen-bond donors (Lipinski definition) is 2. The molecule has 1 unspecified atom stereocenters. The van der Waals surface area contributed by atoms with E-state index in [9.17, 15) is 0 Å². The highest BCUT2D eigenvalue weighted by molar-refractivity contribution is 5.79. The summed E-state index contributed by atoms with van der Waals surface area (Å²) >= 11 is 0. The van der Waals surface area contributed by atoms with E-state index in [1.54, 1.807) is 0 Å². The Morgan fingerprint density at radius 1 is 1.27 bits per heavy atom. The Labute approximate surface area is 176 Å². The van der Waals surface area contributed by atoms with Crippen LogP contribution in [0.3, 0.4) is 0 Å². The standard InChI is InChI=1S/C22H28N6O2/c1-4-23-22(25-14-21-27-26-20-8-6-7-9-28(20)21)24-13-17-12-19-16(10-15(3)30-19)11-18(17)29-5-2/h6-9,11-12,15H,4-5,10,13-14H2,1-3H3,(H2,23,24,25). The fourth-order valence-corrected chi connectivity index (χ4v) is 3.58. The van der Waals surface area contributed by atoms with Crippen LogP contribution in [-0.2, 0) is 19.5 Å². The van der Waals surface area contributed by atoms with Crippen LogP contribution >= 0.6 is 0 Å². The predicted molar refractivity (Wildman–Crippen MR) is 116 cm³/mol. The number of benzene rings is 1. The van der Waals surface area contributed by atoms with Gasteiger partial charge in [-0.3, -0.25) is 4.40 Å². The number of nitrogens with zero attached hydrogens (tertiary/aromatic N) is 4. The highest BCUT2D eigenvalue weighted by Crippen LogP contribution is 2.35. The normalized spacial score (nSPS) is 15.7. The molecule has 158 valence electrons. The van der Waals surface area contributed by atoms with E-state index in [0.29, 0.717) is 25.7 Å². The lowest BCUT2D eigenvalue weighted by molar-refractivity contribution is 0.254. The monoisotopic (exact) mass is 408 g/mol. The summed E-state index contributed by atoms with van der Waals surface area (Å²) in [6, 6.07) is 10.00. The molecule has 0 amide bonds. The maximum absolute atomic E-state index is 5.92. The van der Waals surface area contributed by atoms with Crippen molar-refractivity contribution in [3.63, 3.8) is 0 Å². The first-order valence-electron chi connectivity index (χ1n) is 10.4. The molecule has 2 aromatic heterocycles. The van der Waals surface area contributed by atoms with E-state index in [-0.39, 0.29) is 6.10 Å². The summed E-state index contributed by atoms with van der Waals surface area (Å²) in [5, 5.41) is 15.1. The molecule has 3 heterocycles. The van der Waals surface area contributed by atoms with Crippen molar-refractivity contribution in [3.05, 3.63) is 53.5 Å². The first-order valence-corrected chi connectivity index (χ1v) is 10.4. The molecule has 1 aliphatic heterocycles. The fourth-order valence-electron chi connectivity index (χ4n) is 3.58. The Balaban J connectivity index is 1.50. The molecule has 8 heteroatoms. The Bertz CT molecular complexity index is 1050. The lowest BCUT2D eigenvalue weighted by atomic mass is 10.1. The second-order valence-corrected chi connectivity index (χ2v) is 7.23. The maximum atomic E-state index is 5.92. The molecule has 0 saturated heterocycles. The Hall–Kier alpha value is -3.29. The van der Waals surface area contributed by atoms with Gasteiger partial charge in [-0.05, 0) is 45.0 Å². The van der Waals surface area contributed by atoms with Gasteiger partial charge < -0.3 is 20.1 Å². The highest BCUT2D eigenvalue weighted by atomic mass is 16.5. The van der Waals surface area contributed by atoms with E-state index in [1.807, 2.05) is 42.6 Å². The minimum atomic E-state index is 0.199. The second-order valence-electron chi connectivity index (χ2n) is 7.23. The summed E-state index contributed by atoms with van der Waals surface area (Å²) in [4.78, 5) is 4.75. The van der Waals surface area contributed by atoms with Crippen molar-refractivity contribution >= 4 is 11.6 Å². The third-order valence-electron chi connectivity index (χ3n) is 4.93. The van der Waals surface area contributed by atoms with Crippen molar-refractivity contribution in [3.8, 4) is 11.5 Å². The van der Waals surface area contributed by atoms with E-state index in [1.165, 1.54) is 5.56 Å². The van der Waals surface area contributed by atoms with E-state index < -0.39 is 0 Å². The number of aliphatic imine (C=N–C) groups is 1. The molecule has 1 aromatic carbocycles. The molecule has 2 N–H and O–H groups in total. The van der Waals surface area contributed by atoms with Gasteiger partial charge in [0.1, 0.15) is 17.6 Å². The van der Waals surface area contributed by atoms with Crippen LogP contribution in [-0.4, -0.2) is 39.8 Å². The van der Waals surface area contributed by atoms with Gasteiger partial charge in [0, 0.05) is 30.3 Å². The molecule has 8 nitrogen and oxygen atoms in total. The van der Waals surface area contributed by atoms with Gasteiger partial charge in [-0.2, -0.15) is 0 Å². The molecule has 0 saturated carbocycles. The second kappa shape index (κ2) is 9.02. The number of fused-ring (bicyclic) bond motifs is 2. The molecular formula is C22H28N6O2. The van der Waals surface area contributed by atoms with Crippen LogP contribution in [0.4, 0.5) is 0 Å². The predicted octanol–water partition coefficient (Wildman–Crippen LogP) is 2.71. The zero-order valence-corrected chi connectivity index (χ0v) is 17.7. The zero-order valence-electron chi connectivity index (χ0n) is 17.7. The first-order chi connectivity index (χ1) is 14.7. The molecule has 3 aromatic rings. The Kier molecular flexibility index (Phi) is 6.02. The molecule has 0 spiro atoms. The molecule has 0 radical (unpaired) electrons. The quantitative estimate of drug-likeness (QED) is 0.462. The third-order valence-corrected chi connectivity index (χ3v) is 4.93. The van der Waals surface area contributed by atoms with Crippen molar-refractivity contribution in [2.45, 2.75) is 46.4 Å². The van der Waals surface area contributed by atoms with E-state index in [0.717, 1.165) is 41.5 Å². The van der Waals surface area contributed by atoms with E-state index >= 15 is 0 Å². The summed E-state index contributed by atoms with van der Waals surface area (Å²) in [7, 11) is 0. The molecule has 0 fully saturated rings. The average molecular weight is 409 g/mol. The third kappa shape index (κ3) is 4.32. The molecule has 30 heavy (non-hydrogen) atoms. The van der Waals surface area contributed by atoms with Crippen LogP contribution in [0.5, 0.6) is 11.5 Å². The fraction of sp³-hybridized carbons (Fsp3) is 0.409. The molecule has 4 rings (SSSR count). The number of nitrogens with one attached hydrogen (secondary N) is 2. The first kappa shape index (κ1) is 20.0. The van der Waals surface area contributed by atoms with Crippen LogP contribution in [0.1, 0.15) is 37.7 Å². The summed E-state index contributed by atoms with van der Waals surface area (Å²) in [5.74, 6) is 3.34. The topological polar surface area (TPSA) is 85.1 Å². The van der Waals surface area contributed by atoms with Crippen LogP contribution in [0.2, 0.25) is 0 Å². The zero-order chi connectivity index (χ0) is 20.9. The number of aromatic nitrogens is 3. The largest absolute Gasteiger partial charge is 0.494 e. The molecule has 0 bridgehead atoms. The summed E-state index contributed by atoms with van der Waals surface area (Å²) in [6.07, 6.45) is 3.07. The molecule has 1 atom stereocenters. The van der Waals surface area contributed by atoms with Gasteiger partial charge in [-0.15, -0.1) is 10.2 Å². The van der Waals surface area contributed by atoms with E-state index in [4.69, 9.17) is 14.5 Å². The lowest BCUT2D eigenvalue weighted by Crippen LogP contribution is -2.37. The molecular weight excluding hydrogens is 380 g/mol. The van der Waals surface area contributed by atoms with Crippen LogP contribution < -0.4 is 20.1 Å². The minimum Gasteiger partial charge on any atom is -0.494 e. The van der Waals surface area contributed by atoms with Gasteiger partial charge in [0.05, 0.1) is 19.7 Å². The number of ether oxygens (including phenoxy) is 2. The highest BCUT2D eigenvalue weighted by Gasteiger charge is 2.21. The van der Waals surface area contributed by atoms with Crippen LogP contribution in [0.25, 0.3) is 5.65 Å². The van der Waals surface area contributed by atoms with Crippen molar-refractivity contribution in [2.24, 2.45) is 4.99 Å². The van der Waals surface area contributed by atoms with E-state index in [2.05, 4.69) is 39.9 Å². The van der Waals surface area contributed by atoms with Crippen molar-refractivity contribution < 1.29 is 9.47 Å². The van der Waals surface area contributed by atoms with Gasteiger partial charge in [0.25, 0.3) is 0 Å². The molecule has 0 aliphatic carbocycles. The van der Waals surface area contributed by atoms with Crippen molar-refractivity contribution in [1.29, 1.82) is 0 Å². The number of rotatable bonds is 7. The smallest absolute Gasteiger partial charge is 0.191 e. The lowest BCUT2D eigenvalue weighted by Gasteiger charge is -2.13. The van der Waals surface area contributed by atoms with Gasteiger partial charge >= 0.3 is 0 Å². The minimum absolute atomic E-state index is 0.199.